The number of rotatable bonds is 4. The summed E-state index contributed by atoms with van der Waals surface area (Å²) in [5, 5.41) is 0. The number of benzene rings is 1. The van der Waals surface area contributed by atoms with E-state index >= 15 is 0 Å². The summed E-state index contributed by atoms with van der Waals surface area (Å²) in [6, 6.07) is 2.78. The van der Waals surface area contributed by atoms with E-state index in [9.17, 15) is 22.8 Å². The van der Waals surface area contributed by atoms with E-state index in [4.69, 9.17) is 0 Å². The topological polar surface area (TPSA) is 43.4 Å². The van der Waals surface area contributed by atoms with E-state index in [-0.39, 0.29) is 17.5 Å². The number of alkyl halides is 3. The van der Waals surface area contributed by atoms with Crippen LogP contribution in [0.4, 0.5) is 13.2 Å². The van der Waals surface area contributed by atoms with Gasteiger partial charge in [-0.2, -0.15) is 13.2 Å². The van der Waals surface area contributed by atoms with Crippen molar-refractivity contribution < 1.29 is 27.5 Å². The number of aldehydes is 1. The summed E-state index contributed by atoms with van der Waals surface area (Å²) in [5.41, 5.74) is -0.626. The van der Waals surface area contributed by atoms with Crippen LogP contribution in [0.3, 0.4) is 0 Å². The fraction of sp³-hybridized carbons (Fsp3) is 0.231. The molecule has 19 heavy (non-hydrogen) atoms. The number of halogens is 3. The first-order chi connectivity index (χ1) is 8.88. The molecule has 1 rings (SSSR count). The van der Waals surface area contributed by atoms with Gasteiger partial charge in [-0.05, 0) is 17.7 Å². The number of esters is 1. The highest BCUT2D eigenvalue weighted by Crippen LogP contribution is 2.30. The molecule has 0 aliphatic rings. The third kappa shape index (κ3) is 4.24. The molecule has 0 aliphatic heterocycles. The van der Waals surface area contributed by atoms with Crippen LogP contribution in [-0.2, 0) is 15.7 Å². The molecule has 0 heterocycles. The number of ether oxygens (including phenoxy) is 1. The van der Waals surface area contributed by atoms with Crippen LogP contribution in [0.2, 0.25) is 0 Å². The van der Waals surface area contributed by atoms with E-state index in [0.29, 0.717) is 6.29 Å². The standard InChI is InChI=1S/C13H11F3O3/c1-19-12(18)4-2-3-9-7-11(13(14,15)16)6-5-10(9)8-17/h2-3,5-8H,4H2,1H3. The van der Waals surface area contributed by atoms with E-state index < -0.39 is 17.7 Å². The van der Waals surface area contributed by atoms with Crippen molar-refractivity contribution in [3.05, 3.63) is 41.0 Å². The summed E-state index contributed by atoms with van der Waals surface area (Å²) in [5.74, 6) is -0.518. The molecule has 102 valence electrons. The highest BCUT2D eigenvalue weighted by Gasteiger charge is 2.30. The zero-order valence-electron chi connectivity index (χ0n) is 10.0. The van der Waals surface area contributed by atoms with Crippen molar-refractivity contribution in [3.63, 3.8) is 0 Å². The molecule has 0 spiro atoms. The summed E-state index contributed by atoms with van der Waals surface area (Å²) in [7, 11) is 1.21. The quantitative estimate of drug-likeness (QED) is 0.625. The van der Waals surface area contributed by atoms with Crippen molar-refractivity contribution in [3.8, 4) is 0 Å². The molecule has 3 nitrogen and oxygen atoms in total. The van der Waals surface area contributed by atoms with Gasteiger partial charge in [-0.3, -0.25) is 9.59 Å². The minimum absolute atomic E-state index is 0.0783. The lowest BCUT2D eigenvalue weighted by molar-refractivity contribution is -0.139. The van der Waals surface area contributed by atoms with Crippen LogP contribution < -0.4 is 0 Å². The van der Waals surface area contributed by atoms with Crippen molar-refractivity contribution in [2.75, 3.05) is 7.11 Å². The molecule has 0 aliphatic carbocycles. The summed E-state index contributed by atoms with van der Waals surface area (Å²) < 4.78 is 41.9. The average Bonchev–Trinajstić information content (AvgIpc) is 2.37. The molecule has 1 aromatic carbocycles. The van der Waals surface area contributed by atoms with Gasteiger partial charge in [-0.25, -0.2) is 0 Å². The minimum Gasteiger partial charge on any atom is -0.469 e. The molecule has 0 fully saturated rings. The van der Waals surface area contributed by atoms with Crippen LogP contribution in [0.1, 0.15) is 27.9 Å². The van der Waals surface area contributed by atoms with E-state index in [1.807, 2.05) is 0 Å². The predicted octanol–water partition coefficient (Wildman–Crippen LogP) is 3.09. The van der Waals surface area contributed by atoms with Gasteiger partial charge in [0.25, 0.3) is 0 Å². The Morgan fingerprint density at radius 1 is 1.32 bits per heavy atom. The smallest absolute Gasteiger partial charge is 0.416 e. The molecule has 0 amide bonds. The molecule has 0 bridgehead atoms. The number of carbonyl (C=O) groups is 2. The number of hydrogen-bond acceptors (Lipinski definition) is 3. The monoisotopic (exact) mass is 272 g/mol. The van der Waals surface area contributed by atoms with Gasteiger partial charge in [0.05, 0.1) is 19.1 Å². The highest BCUT2D eigenvalue weighted by molar-refractivity contribution is 5.82. The summed E-state index contributed by atoms with van der Waals surface area (Å²) in [6.07, 6.45) is -1.47. The van der Waals surface area contributed by atoms with Crippen molar-refractivity contribution in [1.29, 1.82) is 0 Å². The maximum absolute atomic E-state index is 12.5. The Bertz CT molecular complexity index is 504. The Balaban J connectivity index is 3.03. The molecule has 0 aromatic heterocycles. The molecule has 0 unspecified atom stereocenters. The van der Waals surface area contributed by atoms with Crippen LogP contribution in [0.25, 0.3) is 6.08 Å². The van der Waals surface area contributed by atoms with Gasteiger partial charge < -0.3 is 4.74 Å². The predicted molar refractivity (Wildman–Crippen MR) is 62.5 cm³/mol. The van der Waals surface area contributed by atoms with E-state index in [1.54, 1.807) is 0 Å². The van der Waals surface area contributed by atoms with Gasteiger partial charge in [0, 0.05) is 5.56 Å². The van der Waals surface area contributed by atoms with E-state index in [0.717, 1.165) is 18.2 Å². The number of methoxy groups -OCH3 is 1. The Morgan fingerprint density at radius 3 is 2.53 bits per heavy atom. The zero-order valence-corrected chi connectivity index (χ0v) is 10.0. The van der Waals surface area contributed by atoms with Gasteiger partial charge in [0.1, 0.15) is 0 Å². The van der Waals surface area contributed by atoms with Crippen molar-refractivity contribution in [2.24, 2.45) is 0 Å². The Kier molecular flexibility index (Phi) is 4.86. The molecule has 0 saturated carbocycles. The SMILES string of the molecule is COC(=O)CC=Cc1cc(C(F)(F)F)ccc1C=O. The Morgan fingerprint density at radius 2 is 2.00 bits per heavy atom. The fourth-order valence-electron chi connectivity index (χ4n) is 1.37. The third-order valence-corrected chi connectivity index (χ3v) is 2.35. The zero-order chi connectivity index (χ0) is 14.5. The molecular weight excluding hydrogens is 261 g/mol. The first-order valence-electron chi connectivity index (χ1n) is 5.28. The van der Waals surface area contributed by atoms with E-state index in [1.165, 1.54) is 19.3 Å². The van der Waals surface area contributed by atoms with E-state index in [2.05, 4.69) is 4.74 Å². The maximum atomic E-state index is 12.5. The Labute approximate surface area is 107 Å². The lowest BCUT2D eigenvalue weighted by Gasteiger charge is -2.08. The Hall–Kier alpha value is -2.11. The molecule has 0 saturated heterocycles. The molecule has 0 atom stereocenters. The number of hydrogen-bond donors (Lipinski definition) is 0. The minimum atomic E-state index is -4.48. The molecule has 6 heteroatoms. The number of carbonyl (C=O) groups excluding carboxylic acids is 2. The largest absolute Gasteiger partial charge is 0.469 e. The lowest BCUT2D eigenvalue weighted by Crippen LogP contribution is -2.05. The van der Waals surface area contributed by atoms with Crippen LogP contribution in [-0.4, -0.2) is 19.4 Å². The third-order valence-electron chi connectivity index (χ3n) is 2.35. The normalized spacial score (nSPS) is 11.6. The maximum Gasteiger partial charge on any atom is 0.416 e. The van der Waals surface area contributed by atoms with Crippen LogP contribution >= 0.6 is 0 Å². The second-order valence-corrected chi connectivity index (χ2v) is 3.64. The molecular formula is C13H11F3O3. The highest BCUT2D eigenvalue weighted by atomic mass is 19.4. The molecule has 1 aromatic rings. The van der Waals surface area contributed by atoms with Gasteiger partial charge in [-0.1, -0.05) is 18.2 Å². The first kappa shape index (κ1) is 14.9. The second-order valence-electron chi connectivity index (χ2n) is 3.64. The van der Waals surface area contributed by atoms with Crippen molar-refractivity contribution in [1.82, 2.24) is 0 Å². The van der Waals surface area contributed by atoms with Crippen LogP contribution in [0.5, 0.6) is 0 Å². The lowest BCUT2D eigenvalue weighted by atomic mass is 10.0. The van der Waals surface area contributed by atoms with Gasteiger partial charge in [0.2, 0.25) is 0 Å². The summed E-state index contributed by atoms with van der Waals surface area (Å²) in [6.45, 7) is 0. The first-order valence-corrected chi connectivity index (χ1v) is 5.28. The van der Waals surface area contributed by atoms with Crippen LogP contribution in [0, 0.1) is 0 Å². The van der Waals surface area contributed by atoms with Crippen molar-refractivity contribution >= 4 is 18.3 Å². The molecule has 0 N–H and O–H groups in total. The van der Waals surface area contributed by atoms with Crippen molar-refractivity contribution in [2.45, 2.75) is 12.6 Å². The van der Waals surface area contributed by atoms with Crippen LogP contribution in [0.15, 0.2) is 24.3 Å². The summed E-state index contributed by atoms with van der Waals surface area (Å²) >= 11 is 0. The van der Waals surface area contributed by atoms with Gasteiger partial charge in [0.15, 0.2) is 6.29 Å². The van der Waals surface area contributed by atoms with Gasteiger partial charge >= 0.3 is 12.1 Å². The second kappa shape index (κ2) is 6.17. The molecule has 0 radical (unpaired) electrons. The fourth-order valence-corrected chi connectivity index (χ4v) is 1.37. The average molecular weight is 272 g/mol. The summed E-state index contributed by atoms with van der Waals surface area (Å²) in [4.78, 5) is 21.6. The van der Waals surface area contributed by atoms with Gasteiger partial charge in [-0.15, -0.1) is 0 Å².